The van der Waals surface area contributed by atoms with Crippen molar-refractivity contribution >= 4 is 28.2 Å². The van der Waals surface area contributed by atoms with E-state index in [0.29, 0.717) is 36.4 Å². The van der Waals surface area contributed by atoms with Gasteiger partial charge in [-0.15, -0.1) is 0 Å². The summed E-state index contributed by atoms with van der Waals surface area (Å²) < 4.78 is 40.0. The minimum absolute atomic E-state index is 0.0375. The van der Waals surface area contributed by atoms with Crippen LogP contribution in [0, 0.1) is 6.92 Å². The number of carbonyl (C=O) groups is 1. The molecule has 0 saturated carbocycles. The second-order valence-corrected chi connectivity index (χ2v) is 8.14. The van der Waals surface area contributed by atoms with E-state index in [1.54, 1.807) is 31.0 Å². The van der Waals surface area contributed by atoms with E-state index < -0.39 is 17.8 Å². The number of hydrogen-bond acceptors (Lipinski definition) is 5. The molecule has 0 aliphatic carbocycles. The number of rotatable bonds is 4. The molecule has 1 aliphatic heterocycles. The first-order valence-corrected chi connectivity index (χ1v) is 10.6. The van der Waals surface area contributed by atoms with E-state index in [1.165, 1.54) is 19.3 Å². The van der Waals surface area contributed by atoms with Gasteiger partial charge < -0.3 is 10.2 Å². The van der Waals surface area contributed by atoms with E-state index in [1.807, 2.05) is 12.1 Å². The smallest absolute Gasteiger partial charge is 0.363 e. The first-order valence-electron chi connectivity index (χ1n) is 10.6. The van der Waals surface area contributed by atoms with Crippen LogP contribution in [0.1, 0.15) is 48.7 Å². The highest BCUT2D eigenvalue weighted by Crippen LogP contribution is 2.35. The van der Waals surface area contributed by atoms with Gasteiger partial charge in [0, 0.05) is 25.4 Å². The van der Waals surface area contributed by atoms with E-state index in [4.69, 9.17) is 0 Å². The summed E-state index contributed by atoms with van der Waals surface area (Å²) in [5.74, 6) is 0.560. The molecule has 33 heavy (non-hydrogen) atoms. The number of alkyl halides is 3. The van der Waals surface area contributed by atoms with Crippen molar-refractivity contribution in [1.29, 1.82) is 0 Å². The fourth-order valence-corrected chi connectivity index (χ4v) is 4.15. The topological polar surface area (TPSA) is 71.0 Å². The molecule has 172 valence electrons. The third-order valence-corrected chi connectivity index (χ3v) is 6.01. The third-order valence-electron chi connectivity index (χ3n) is 6.01. The van der Waals surface area contributed by atoms with Gasteiger partial charge in [0.15, 0.2) is 0 Å². The number of pyridine rings is 1. The second kappa shape index (κ2) is 8.80. The lowest BCUT2D eigenvalue weighted by Gasteiger charge is -2.25. The zero-order valence-corrected chi connectivity index (χ0v) is 18.6. The maximum atomic E-state index is 13.3. The fourth-order valence-electron chi connectivity index (χ4n) is 4.15. The first kappa shape index (κ1) is 22.7. The van der Waals surface area contributed by atoms with E-state index in [0.717, 1.165) is 22.7 Å². The normalized spacial score (nSPS) is 15.3. The SMILES string of the molecule is CC(=O)N1CC=C(c2cc3c(NC(C)c4cccc(C(F)(F)F)c4C)ncnc3cn2)CC1. The van der Waals surface area contributed by atoms with Gasteiger partial charge in [-0.25, -0.2) is 9.97 Å². The molecular formula is C24H24F3N5O. The van der Waals surface area contributed by atoms with E-state index >= 15 is 0 Å². The molecule has 0 fully saturated rings. The van der Waals surface area contributed by atoms with E-state index in [9.17, 15) is 18.0 Å². The highest BCUT2D eigenvalue weighted by atomic mass is 19.4. The summed E-state index contributed by atoms with van der Waals surface area (Å²) in [6.07, 6.45) is 1.34. The first-order chi connectivity index (χ1) is 15.6. The van der Waals surface area contributed by atoms with Crippen molar-refractivity contribution in [1.82, 2.24) is 19.9 Å². The molecule has 9 heteroatoms. The summed E-state index contributed by atoms with van der Waals surface area (Å²) in [7, 11) is 0. The summed E-state index contributed by atoms with van der Waals surface area (Å²) in [4.78, 5) is 26.5. The lowest BCUT2D eigenvalue weighted by Crippen LogP contribution is -2.32. The Morgan fingerprint density at radius 2 is 2.00 bits per heavy atom. The van der Waals surface area contributed by atoms with Crippen LogP contribution in [0.2, 0.25) is 0 Å². The number of fused-ring (bicyclic) bond motifs is 1. The fraction of sp³-hybridized carbons (Fsp3) is 0.333. The van der Waals surface area contributed by atoms with Crippen LogP contribution in [0.4, 0.5) is 19.0 Å². The number of benzene rings is 1. The summed E-state index contributed by atoms with van der Waals surface area (Å²) in [5.41, 5.74) is 2.53. The van der Waals surface area contributed by atoms with Crippen LogP contribution < -0.4 is 5.32 Å². The molecule has 3 heterocycles. The quantitative estimate of drug-likeness (QED) is 0.588. The number of nitrogens with zero attached hydrogens (tertiary/aromatic N) is 4. The predicted molar refractivity (Wildman–Crippen MR) is 120 cm³/mol. The van der Waals surface area contributed by atoms with Crippen molar-refractivity contribution in [3.63, 3.8) is 0 Å². The highest BCUT2D eigenvalue weighted by Gasteiger charge is 2.33. The van der Waals surface area contributed by atoms with Gasteiger partial charge >= 0.3 is 6.18 Å². The molecular weight excluding hydrogens is 431 g/mol. The standard InChI is InChI=1S/C24H24F3N5O/c1-14-18(5-4-6-20(14)24(25,26)27)15(2)31-23-19-11-21(28-12-22(19)29-13-30-23)17-7-9-32(10-8-17)16(3)33/h4-7,11-13,15H,8-10H2,1-3H3,(H,29,30,31). The number of nitrogens with one attached hydrogen (secondary N) is 1. The maximum Gasteiger partial charge on any atom is 0.416 e. The Morgan fingerprint density at radius 3 is 2.67 bits per heavy atom. The predicted octanol–water partition coefficient (Wildman–Crippen LogP) is 5.16. The number of halogens is 3. The zero-order valence-electron chi connectivity index (χ0n) is 18.6. The maximum absolute atomic E-state index is 13.3. The molecule has 1 unspecified atom stereocenters. The lowest BCUT2D eigenvalue weighted by atomic mass is 9.97. The second-order valence-electron chi connectivity index (χ2n) is 8.14. The summed E-state index contributed by atoms with van der Waals surface area (Å²) in [5, 5.41) is 3.98. The van der Waals surface area contributed by atoms with Crippen molar-refractivity contribution < 1.29 is 18.0 Å². The van der Waals surface area contributed by atoms with Gasteiger partial charge in [0.1, 0.15) is 12.1 Å². The van der Waals surface area contributed by atoms with Gasteiger partial charge in [0.05, 0.1) is 29.0 Å². The van der Waals surface area contributed by atoms with Crippen molar-refractivity contribution in [2.75, 3.05) is 18.4 Å². The van der Waals surface area contributed by atoms with Gasteiger partial charge in [-0.1, -0.05) is 18.2 Å². The van der Waals surface area contributed by atoms with Crippen LogP contribution in [-0.2, 0) is 11.0 Å². The van der Waals surface area contributed by atoms with Crippen molar-refractivity contribution in [2.45, 2.75) is 39.4 Å². The Labute approximate surface area is 189 Å². The Kier molecular flexibility index (Phi) is 6.05. The minimum Gasteiger partial charge on any atom is -0.363 e. The molecule has 0 radical (unpaired) electrons. The molecule has 1 atom stereocenters. The zero-order chi connectivity index (χ0) is 23.8. The molecule has 0 bridgehead atoms. The Morgan fingerprint density at radius 1 is 1.21 bits per heavy atom. The molecule has 1 N–H and O–H groups in total. The van der Waals surface area contributed by atoms with E-state index in [2.05, 4.69) is 20.3 Å². The molecule has 0 saturated heterocycles. The lowest BCUT2D eigenvalue weighted by molar-refractivity contribution is -0.138. The van der Waals surface area contributed by atoms with Gasteiger partial charge in [-0.2, -0.15) is 13.2 Å². The van der Waals surface area contributed by atoms with Gasteiger partial charge in [-0.3, -0.25) is 9.78 Å². The average molecular weight is 455 g/mol. The van der Waals surface area contributed by atoms with E-state index in [-0.39, 0.29) is 11.5 Å². The van der Waals surface area contributed by atoms with Gasteiger partial charge in [0.2, 0.25) is 5.91 Å². The number of amides is 1. The number of aromatic nitrogens is 3. The van der Waals surface area contributed by atoms with Gasteiger partial charge in [0.25, 0.3) is 0 Å². The van der Waals surface area contributed by atoms with Crippen LogP contribution in [0.25, 0.3) is 16.5 Å². The van der Waals surface area contributed by atoms with Crippen LogP contribution >= 0.6 is 0 Å². The third kappa shape index (κ3) is 4.67. The number of hydrogen-bond donors (Lipinski definition) is 1. The minimum atomic E-state index is -4.41. The molecule has 2 aromatic heterocycles. The van der Waals surface area contributed by atoms with Crippen molar-refractivity contribution in [3.8, 4) is 0 Å². The molecule has 1 aromatic carbocycles. The van der Waals surface area contributed by atoms with Crippen LogP contribution in [0.15, 0.2) is 42.9 Å². The average Bonchev–Trinajstić information content (AvgIpc) is 2.78. The van der Waals surface area contributed by atoms with Crippen LogP contribution in [-0.4, -0.2) is 38.8 Å². The summed E-state index contributed by atoms with van der Waals surface area (Å²) in [6, 6.07) is 5.67. The Hall–Kier alpha value is -3.49. The van der Waals surface area contributed by atoms with Crippen molar-refractivity contribution in [2.24, 2.45) is 0 Å². The van der Waals surface area contributed by atoms with Gasteiger partial charge in [-0.05, 0) is 49.1 Å². The van der Waals surface area contributed by atoms with Crippen LogP contribution in [0.3, 0.4) is 0 Å². The van der Waals surface area contributed by atoms with Crippen LogP contribution in [0.5, 0.6) is 0 Å². The molecule has 4 rings (SSSR count). The molecule has 0 spiro atoms. The summed E-state index contributed by atoms with van der Waals surface area (Å²) >= 11 is 0. The molecule has 3 aromatic rings. The Bertz CT molecular complexity index is 1240. The molecule has 1 amide bonds. The number of anilines is 1. The number of carbonyl (C=O) groups excluding carboxylic acids is 1. The molecule has 6 nitrogen and oxygen atoms in total. The molecule has 1 aliphatic rings. The largest absolute Gasteiger partial charge is 0.416 e. The summed E-state index contributed by atoms with van der Waals surface area (Å²) in [6.45, 7) is 6.00. The Balaban J connectivity index is 1.65. The monoisotopic (exact) mass is 455 g/mol. The van der Waals surface area contributed by atoms with Crippen molar-refractivity contribution in [3.05, 3.63) is 65.2 Å². The highest BCUT2D eigenvalue weighted by molar-refractivity contribution is 5.90.